The zero-order chi connectivity index (χ0) is 19.5. The Morgan fingerprint density at radius 3 is 2.64 bits per heavy atom. The number of fused-ring (bicyclic) bond motifs is 3. The van der Waals surface area contributed by atoms with E-state index in [1.807, 2.05) is 18.2 Å². The van der Waals surface area contributed by atoms with Crippen LogP contribution in [0.1, 0.15) is 31.2 Å². The van der Waals surface area contributed by atoms with Crippen molar-refractivity contribution in [3.63, 3.8) is 0 Å². The van der Waals surface area contributed by atoms with Gasteiger partial charge in [-0.3, -0.25) is 14.6 Å². The highest BCUT2D eigenvalue weighted by molar-refractivity contribution is 9.11. The predicted octanol–water partition coefficient (Wildman–Crippen LogP) is 4.37. The highest BCUT2D eigenvalue weighted by Crippen LogP contribution is 2.50. The van der Waals surface area contributed by atoms with Crippen molar-refractivity contribution in [2.24, 2.45) is 0 Å². The summed E-state index contributed by atoms with van der Waals surface area (Å²) >= 11 is 10.9. The van der Waals surface area contributed by atoms with Crippen molar-refractivity contribution >= 4 is 50.7 Å². The number of rotatable bonds is 2. The first-order chi connectivity index (χ1) is 13.5. The summed E-state index contributed by atoms with van der Waals surface area (Å²) in [5, 5.41) is 0.598. The van der Waals surface area contributed by atoms with Crippen LogP contribution >= 0.6 is 38.9 Å². The molecule has 3 aromatic rings. The lowest BCUT2D eigenvalue weighted by Gasteiger charge is -2.40. The highest BCUT2D eigenvalue weighted by Gasteiger charge is 2.60. The van der Waals surface area contributed by atoms with Gasteiger partial charge in [0.15, 0.2) is 5.66 Å². The summed E-state index contributed by atoms with van der Waals surface area (Å²) in [5.74, 6) is -0.201. The number of halogens is 2. The van der Waals surface area contributed by atoms with E-state index in [0.29, 0.717) is 28.6 Å². The van der Waals surface area contributed by atoms with Crippen LogP contribution in [0.4, 0.5) is 0 Å². The number of pyridine rings is 1. The molecule has 0 N–H and O–H groups in total. The zero-order valence-electron chi connectivity index (χ0n) is 14.4. The summed E-state index contributed by atoms with van der Waals surface area (Å²) in [6, 6.07) is 12.7. The molecule has 4 heterocycles. The largest absolute Gasteiger partial charge is 0.306 e. The van der Waals surface area contributed by atoms with Crippen LogP contribution in [0.15, 0.2) is 58.6 Å². The minimum absolute atomic E-state index is 0.0880. The Labute approximate surface area is 178 Å². The molecule has 2 amide bonds. The molecule has 1 aromatic carbocycles. The third kappa shape index (κ3) is 2.33. The lowest BCUT2D eigenvalue weighted by molar-refractivity contribution is 0.0378. The Balaban J connectivity index is 1.76. The van der Waals surface area contributed by atoms with Crippen LogP contribution in [0.3, 0.4) is 0 Å². The molecule has 0 bridgehead atoms. The van der Waals surface area contributed by atoms with Gasteiger partial charge in [-0.25, -0.2) is 0 Å². The van der Waals surface area contributed by atoms with Crippen molar-refractivity contribution < 1.29 is 9.59 Å². The van der Waals surface area contributed by atoms with Gasteiger partial charge in [0.1, 0.15) is 0 Å². The minimum atomic E-state index is -1.02. The number of carbonyl (C=O) groups excluding carboxylic acids is 2. The van der Waals surface area contributed by atoms with Gasteiger partial charge < -0.3 is 9.80 Å². The Morgan fingerprint density at radius 2 is 1.93 bits per heavy atom. The monoisotopic (exact) mass is 473 g/mol. The van der Waals surface area contributed by atoms with E-state index in [1.54, 1.807) is 46.5 Å². The van der Waals surface area contributed by atoms with E-state index in [9.17, 15) is 9.59 Å². The molecule has 2 aromatic heterocycles. The molecule has 28 heavy (non-hydrogen) atoms. The van der Waals surface area contributed by atoms with E-state index in [2.05, 4.69) is 20.9 Å². The fourth-order valence-electron chi connectivity index (χ4n) is 4.17. The number of hydrogen-bond donors (Lipinski definition) is 0. The number of carbonyl (C=O) groups is 2. The Morgan fingerprint density at radius 1 is 1.14 bits per heavy atom. The van der Waals surface area contributed by atoms with Gasteiger partial charge in [0.2, 0.25) is 0 Å². The van der Waals surface area contributed by atoms with Crippen LogP contribution in [0.2, 0.25) is 5.02 Å². The molecular formula is C20H13BrClN3O2S. The van der Waals surface area contributed by atoms with Crippen molar-refractivity contribution in [2.75, 3.05) is 13.1 Å². The fraction of sp³-hybridized carbons (Fsp3) is 0.150. The maximum atomic E-state index is 13.5. The molecule has 1 unspecified atom stereocenters. The standard InChI is InChI=1S/C20H13BrClN3O2S/c21-17-6-5-16(28-17)19(27)25-10-9-24-18(26)14-7-8-23-11-15(14)20(24,25)12-1-3-13(22)4-2-12/h1-8,11H,9-10H2. The molecule has 5 nitrogen and oxygen atoms in total. The van der Waals surface area contributed by atoms with Gasteiger partial charge >= 0.3 is 0 Å². The summed E-state index contributed by atoms with van der Waals surface area (Å²) in [4.78, 5) is 35.1. The number of hydrogen-bond acceptors (Lipinski definition) is 4. The second kappa shape index (κ2) is 6.40. The lowest BCUT2D eigenvalue weighted by Crippen LogP contribution is -2.51. The molecular weight excluding hydrogens is 462 g/mol. The Bertz CT molecular complexity index is 1120. The van der Waals surface area contributed by atoms with Crippen LogP contribution in [0.25, 0.3) is 0 Å². The van der Waals surface area contributed by atoms with Gasteiger partial charge in [-0.2, -0.15) is 0 Å². The quantitative estimate of drug-likeness (QED) is 0.554. The molecule has 2 aliphatic heterocycles. The third-order valence-corrected chi connectivity index (χ3v) is 7.14. The minimum Gasteiger partial charge on any atom is -0.306 e. The van der Waals surface area contributed by atoms with E-state index in [1.165, 1.54) is 11.3 Å². The average molecular weight is 475 g/mol. The van der Waals surface area contributed by atoms with E-state index < -0.39 is 5.66 Å². The van der Waals surface area contributed by atoms with Gasteiger partial charge in [0.25, 0.3) is 11.8 Å². The van der Waals surface area contributed by atoms with E-state index >= 15 is 0 Å². The summed E-state index contributed by atoms with van der Waals surface area (Å²) in [7, 11) is 0. The SMILES string of the molecule is O=C(c1ccc(Br)s1)N1CCN2C(=O)c3ccncc3C12c1ccc(Cl)cc1. The number of nitrogens with zero attached hydrogens (tertiary/aromatic N) is 3. The Hall–Kier alpha value is -2.22. The summed E-state index contributed by atoms with van der Waals surface area (Å²) < 4.78 is 0.886. The smallest absolute Gasteiger partial charge is 0.266 e. The maximum Gasteiger partial charge on any atom is 0.266 e. The van der Waals surface area contributed by atoms with Gasteiger partial charge in [0, 0.05) is 41.6 Å². The summed E-state index contributed by atoms with van der Waals surface area (Å²) in [6.45, 7) is 0.894. The Kier molecular flexibility index (Phi) is 4.08. The van der Waals surface area contributed by atoms with Crippen LogP contribution in [-0.4, -0.2) is 39.7 Å². The zero-order valence-corrected chi connectivity index (χ0v) is 17.6. The predicted molar refractivity (Wildman–Crippen MR) is 111 cm³/mol. The van der Waals surface area contributed by atoms with Crippen LogP contribution in [0, 0.1) is 0 Å². The van der Waals surface area contributed by atoms with Gasteiger partial charge in [-0.05, 0) is 46.3 Å². The lowest BCUT2D eigenvalue weighted by atomic mass is 9.91. The molecule has 1 atom stereocenters. The second-order valence-electron chi connectivity index (χ2n) is 6.62. The molecule has 140 valence electrons. The molecule has 0 radical (unpaired) electrons. The van der Waals surface area contributed by atoms with Crippen molar-refractivity contribution in [2.45, 2.75) is 5.66 Å². The topological polar surface area (TPSA) is 53.5 Å². The van der Waals surface area contributed by atoms with Crippen molar-refractivity contribution in [1.82, 2.24) is 14.8 Å². The van der Waals surface area contributed by atoms with E-state index in [0.717, 1.165) is 14.9 Å². The van der Waals surface area contributed by atoms with Crippen LogP contribution in [-0.2, 0) is 5.66 Å². The summed E-state index contributed by atoms with van der Waals surface area (Å²) in [6.07, 6.45) is 3.30. The maximum absolute atomic E-state index is 13.5. The molecule has 0 saturated carbocycles. The first-order valence-electron chi connectivity index (χ1n) is 8.63. The number of thiophene rings is 1. The molecule has 0 aliphatic carbocycles. The number of amides is 2. The van der Waals surface area contributed by atoms with E-state index in [-0.39, 0.29) is 11.8 Å². The number of aromatic nitrogens is 1. The normalized spacial score (nSPS) is 20.4. The average Bonchev–Trinajstić information content (AvgIpc) is 3.37. The third-order valence-electron chi connectivity index (χ3n) is 5.28. The molecule has 0 spiro atoms. The molecule has 1 fully saturated rings. The second-order valence-corrected chi connectivity index (χ2v) is 9.52. The van der Waals surface area contributed by atoms with Gasteiger partial charge in [0.05, 0.1) is 14.2 Å². The molecule has 5 rings (SSSR count). The van der Waals surface area contributed by atoms with Crippen molar-refractivity contribution in [3.8, 4) is 0 Å². The van der Waals surface area contributed by atoms with Gasteiger partial charge in [-0.15, -0.1) is 11.3 Å². The van der Waals surface area contributed by atoms with Crippen molar-refractivity contribution in [1.29, 1.82) is 0 Å². The molecule has 1 saturated heterocycles. The van der Waals surface area contributed by atoms with Gasteiger partial charge in [-0.1, -0.05) is 23.7 Å². The highest BCUT2D eigenvalue weighted by atomic mass is 79.9. The fourth-order valence-corrected chi connectivity index (χ4v) is 5.63. The van der Waals surface area contributed by atoms with Crippen LogP contribution in [0.5, 0.6) is 0 Å². The summed E-state index contributed by atoms with van der Waals surface area (Å²) in [5.41, 5.74) is 1.11. The molecule has 8 heteroatoms. The first-order valence-corrected chi connectivity index (χ1v) is 10.6. The molecule has 2 aliphatic rings. The van der Waals surface area contributed by atoms with Crippen molar-refractivity contribution in [3.05, 3.63) is 85.2 Å². The number of benzene rings is 1. The van der Waals surface area contributed by atoms with Crippen LogP contribution < -0.4 is 0 Å². The first kappa shape index (κ1) is 17.8. The van der Waals surface area contributed by atoms with E-state index in [4.69, 9.17) is 11.6 Å².